The van der Waals surface area contributed by atoms with Gasteiger partial charge in [0.25, 0.3) is 11.8 Å². The van der Waals surface area contributed by atoms with Crippen LogP contribution in [0.15, 0.2) is 65.6 Å². The summed E-state index contributed by atoms with van der Waals surface area (Å²) in [6, 6.07) is 13.4. The van der Waals surface area contributed by atoms with Crippen molar-refractivity contribution in [3.63, 3.8) is 0 Å². The molecule has 10 nitrogen and oxygen atoms in total. The summed E-state index contributed by atoms with van der Waals surface area (Å²) >= 11 is 0. The van der Waals surface area contributed by atoms with E-state index in [9.17, 15) is 27.2 Å². The summed E-state index contributed by atoms with van der Waals surface area (Å²) in [6.07, 6.45) is -1.03. The first kappa shape index (κ1) is 31.1. The minimum atomic E-state index is -4.39. The molecule has 2 N–H and O–H groups in total. The number of hydrogen-bond acceptors (Lipinski definition) is 7. The summed E-state index contributed by atoms with van der Waals surface area (Å²) in [5.74, 6) is -4.26. The number of halogens is 2. The Morgan fingerprint density at radius 2 is 1.67 bits per heavy atom. The van der Waals surface area contributed by atoms with E-state index >= 15 is 4.39 Å². The minimum absolute atomic E-state index is 0.0797. The van der Waals surface area contributed by atoms with Gasteiger partial charge in [0.2, 0.25) is 0 Å². The molecule has 1 aliphatic rings. The number of rotatable bonds is 6. The van der Waals surface area contributed by atoms with E-state index in [1.54, 1.807) is 32.9 Å². The van der Waals surface area contributed by atoms with Crippen LogP contribution in [0.2, 0.25) is 0 Å². The van der Waals surface area contributed by atoms with Crippen molar-refractivity contribution in [3.05, 3.63) is 94.6 Å². The zero-order valence-corrected chi connectivity index (χ0v) is 24.3. The number of ether oxygens (including phenoxy) is 1. The standard InChI is InChI=1S/C30H28F2N4O6S/c1-30(2,3)42-29(39)35-24-17-43(40,41)26-13-23(32)22(27(37)34-15-19-8-10-21(31)11-9-19)12-25(26)36(28(24)38)16-20-6-4-18(14-33)5-7-20/h4-13,24H,15-17H2,1-3H3,(H,34,37)(H,35,39)/t24-/m0/s1. The van der Waals surface area contributed by atoms with Crippen molar-refractivity contribution in [2.24, 2.45) is 0 Å². The summed E-state index contributed by atoms with van der Waals surface area (Å²) < 4.78 is 60.7. The van der Waals surface area contributed by atoms with Gasteiger partial charge in [-0.3, -0.25) is 9.59 Å². The van der Waals surface area contributed by atoms with E-state index in [1.165, 1.54) is 36.4 Å². The molecule has 0 unspecified atom stereocenters. The van der Waals surface area contributed by atoms with Gasteiger partial charge >= 0.3 is 6.09 Å². The summed E-state index contributed by atoms with van der Waals surface area (Å²) in [7, 11) is -4.39. The number of alkyl carbamates (subject to hydrolysis) is 1. The maximum absolute atomic E-state index is 15.3. The predicted molar refractivity (Wildman–Crippen MR) is 152 cm³/mol. The number of fused-ring (bicyclic) bond motifs is 1. The quantitative estimate of drug-likeness (QED) is 0.429. The summed E-state index contributed by atoms with van der Waals surface area (Å²) in [5, 5.41) is 13.9. The minimum Gasteiger partial charge on any atom is -0.444 e. The van der Waals surface area contributed by atoms with Gasteiger partial charge in [-0.1, -0.05) is 24.3 Å². The number of nitriles is 1. The fourth-order valence-corrected chi connectivity index (χ4v) is 5.94. The van der Waals surface area contributed by atoms with Crippen molar-refractivity contribution >= 4 is 33.4 Å². The van der Waals surface area contributed by atoms with Crippen LogP contribution in [-0.4, -0.2) is 43.7 Å². The third-order valence-electron chi connectivity index (χ3n) is 6.35. The van der Waals surface area contributed by atoms with Gasteiger partial charge < -0.3 is 20.3 Å². The van der Waals surface area contributed by atoms with Crippen LogP contribution in [0.5, 0.6) is 0 Å². The normalized spacial score (nSPS) is 16.0. The van der Waals surface area contributed by atoms with Gasteiger partial charge in [0.05, 0.1) is 40.1 Å². The van der Waals surface area contributed by atoms with Crippen molar-refractivity contribution in [1.29, 1.82) is 5.26 Å². The molecule has 224 valence electrons. The van der Waals surface area contributed by atoms with Crippen molar-refractivity contribution in [2.45, 2.75) is 50.4 Å². The van der Waals surface area contributed by atoms with E-state index in [1.807, 2.05) is 6.07 Å². The lowest BCUT2D eigenvalue weighted by Crippen LogP contribution is -2.51. The maximum atomic E-state index is 15.3. The van der Waals surface area contributed by atoms with Crippen LogP contribution in [0.1, 0.15) is 47.8 Å². The van der Waals surface area contributed by atoms with Crippen LogP contribution in [0.4, 0.5) is 19.3 Å². The van der Waals surface area contributed by atoms with Crippen LogP contribution < -0.4 is 15.5 Å². The molecule has 13 heteroatoms. The Bertz CT molecular complexity index is 1710. The molecule has 0 saturated carbocycles. The first-order chi connectivity index (χ1) is 20.2. The average molecular weight is 611 g/mol. The second-order valence-electron chi connectivity index (χ2n) is 10.8. The smallest absolute Gasteiger partial charge is 0.408 e. The Morgan fingerprint density at radius 1 is 1.05 bits per heavy atom. The molecule has 1 atom stereocenters. The topological polar surface area (TPSA) is 146 Å². The second kappa shape index (κ2) is 12.2. The Hall–Kier alpha value is -4.83. The zero-order chi connectivity index (χ0) is 31.5. The van der Waals surface area contributed by atoms with Crippen LogP contribution in [0.25, 0.3) is 0 Å². The van der Waals surface area contributed by atoms with Gasteiger partial charge in [-0.25, -0.2) is 22.0 Å². The first-order valence-corrected chi connectivity index (χ1v) is 14.7. The van der Waals surface area contributed by atoms with E-state index in [-0.39, 0.29) is 18.8 Å². The van der Waals surface area contributed by atoms with Crippen molar-refractivity contribution in [2.75, 3.05) is 10.7 Å². The van der Waals surface area contributed by atoms with Crippen molar-refractivity contribution in [1.82, 2.24) is 10.6 Å². The largest absolute Gasteiger partial charge is 0.444 e. The molecular formula is C30H28F2N4O6S. The third kappa shape index (κ3) is 7.52. The Kier molecular flexibility index (Phi) is 8.82. The monoisotopic (exact) mass is 610 g/mol. The van der Waals surface area contributed by atoms with E-state index in [0.29, 0.717) is 22.8 Å². The fourth-order valence-electron chi connectivity index (χ4n) is 4.33. The van der Waals surface area contributed by atoms with E-state index in [4.69, 9.17) is 10.00 Å². The number of carbonyl (C=O) groups excluding carboxylic acids is 3. The highest BCUT2D eigenvalue weighted by atomic mass is 32.2. The molecule has 0 fully saturated rings. The molecule has 0 spiro atoms. The number of sulfone groups is 1. The molecule has 1 heterocycles. The molecule has 0 radical (unpaired) electrons. The van der Waals surface area contributed by atoms with Crippen LogP contribution in [-0.2, 0) is 32.5 Å². The van der Waals surface area contributed by atoms with E-state index < -0.39 is 67.2 Å². The lowest BCUT2D eigenvalue weighted by molar-refractivity contribution is -0.120. The fraction of sp³-hybridized carbons (Fsp3) is 0.267. The molecule has 0 saturated heterocycles. The Balaban J connectivity index is 1.75. The maximum Gasteiger partial charge on any atom is 0.408 e. The molecular weight excluding hydrogens is 582 g/mol. The highest BCUT2D eigenvalue weighted by molar-refractivity contribution is 7.91. The van der Waals surface area contributed by atoms with Crippen LogP contribution >= 0.6 is 0 Å². The van der Waals surface area contributed by atoms with Gasteiger partial charge in [-0.15, -0.1) is 0 Å². The first-order valence-electron chi connectivity index (χ1n) is 13.1. The van der Waals surface area contributed by atoms with E-state index in [0.717, 1.165) is 11.0 Å². The molecule has 3 amide bonds. The van der Waals surface area contributed by atoms with Crippen molar-refractivity contribution < 1.29 is 36.3 Å². The molecule has 0 bridgehead atoms. The van der Waals surface area contributed by atoms with Crippen LogP contribution in [0, 0.1) is 23.0 Å². The van der Waals surface area contributed by atoms with Gasteiger partial charge in [0.1, 0.15) is 23.3 Å². The van der Waals surface area contributed by atoms with Gasteiger partial charge in [-0.05, 0) is 68.3 Å². The highest BCUT2D eigenvalue weighted by Gasteiger charge is 2.40. The van der Waals surface area contributed by atoms with Crippen LogP contribution in [0.3, 0.4) is 0 Å². The molecule has 43 heavy (non-hydrogen) atoms. The molecule has 4 rings (SSSR count). The number of amides is 3. The SMILES string of the molecule is CC(C)(C)OC(=O)N[C@H]1CS(=O)(=O)c2cc(F)c(C(=O)NCc3ccc(F)cc3)cc2N(Cc2ccc(C#N)cc2)C1=O. The zero-order valence-electron chi connectivity index (χ0n) is 23.5. The number of nitrogens with zero attached hydrogens (tertiary/aromatic N) is 2. The molecule has 3 aromatic rings. The summed E-state index contributed by atoms with van der Waals surface area (Å²) in [6.45, 7) is 4.47. The molecule has 3 aromatic carbocycles. The number of nitrogens with one attached hydrogen (secondary N) is 2. The highest BCUT2D eigenvalue weighted by Crippen LogP contribution is 2.34. The Morgan fingerprint density at radius 3 is 2.28 bits per heavy atom. The lowest BCUT2D eigenvalue weighted by atomic mass is 10.1. The number of hydrogen-bond donors (Lipinski definition) is 2. The summed E-state index contributed by atoms with van der Waals surface area (Å²) in [4.78, 5) is 39.9. The van der Waals surface area contributed by atoms with E-state index in [2.05, 4.69) is 10.6 Å². The third-order valence-corrected chi connectivity index (χ3v) is 8.12. The average Bonchev–Trinajstić information content (AvgIpc) is 3.00. The van der Waals surface area contributed by atoms with Gasteiger partial charge in [0, 0.05) is 6.54 Å². The molecule has 1 aliphatic heterocycles. The summed E-state index contributed by atoms with van der Waals surface area (Å²) in [5.41, 5.74) is -0.383. The molecule has 0 aromatic heterocycles. The predicted octanol–water partition coefficient (Wildman–Crippen LogP) is 3.98. The number of anilines is 1. The Labute approximate surface area is 247 Å². The van der Waals surface area contributed by atoms with Crippen molar-refractivity contribution in [3.8, 4) is 6.07 Å². The number of benzene rings is 3. The van der Waals surface area contributed by atoms with Gasteiger partial charge in [0.15, 0.2) is 9.84 Å². The van der Waals surface area contributed by atoms with Gasteiger partial charge in [-0.2, -0.15) is 5.26 Å². The second-order valence-corrected chi connectivity index (χ2v) is 12.8. The number of carbonyl (C=O) groups is 3. The lowest BCUT2D eigenvalue weighted by Gasteiger charge is -2.27. The molecule has 0 aliphatic carbocycles.